The average molecular weight is 649 g/mol. The van der Waals surface area contributed by atoms with Crippen molar-refractivity contribution in [1.29, 1.82) is 0 Å². The molecule has 44 heavy (non-hydrogen) atoms. The summed E-state index contributed by atoms with van der Waals surface area (Å²) in [7, 11) is 0. The number of nitrogens with zero attached hydrogens (tertiary/aromatic N) is 1. The molecule has 0 heterocycles. The molecule has 0 saturated heterocycles. The standard InChI is InChI=1S/C33H32ClF4NO4S/c1-22(21-43-26-15-30(35)28(20-40)31(16-26)44(41)42)17-39(18-25-13-8-14-29(32(25)34)33(36,37)38)19-27(23-9-4-2-5-10-23)24-11-6-3-7-12-24/h2-16,22,27,40H,17-21H2,1H3,(H,41,42)/p-1/t22-/m1/s1. The van der Waals surface area contributed by atoms with Crippen LogP contribution in [0.4, 0.5) is 17.6 Å². The third-order valence-electron chi connectivity index (χ3n) is 7.19. The maximum Gasteiger partial charge on any atom is 0.417 e. The Morgan fingerprint density at radius 3 is 2.11 bits per heavy atom. The van der Waals surface area contributed by atoms with Crippen LogP contribution in [0, 0.1) is 11.7 Å². The fraction of sp³-hybridized carbons (Fsp3) is 0.273. The van der Waals surface area contributed by atoms with Gasteiger partial charge in [-0.2, -0.15) is 13.2 Å². The van der Waals surface area contributed by atoms with Crippen LogP contribution in [0.2, 0.25) is 5.02 Å². The lowest BCUT2D eigenvalue weighted by Gasteiger charge is -2.31. The first-order valence-corrected chi connectivity index (χ1v) is 15.2. The van der Waals surface area contributed by atoms with E-state index in [-0.39, 0.29) is 41.3 Å². The number of hydrogen-bond acceptors (Lipinski definition) is 5. The minimum Gasteiger partial charge on any atom is -0.768 e. The maximum atomic E-state index is 14.5. The third-order valence-corrected chi connectivity index (χ3v) is 8.36. The first-order valence-electron chi connectivity index (χ1n) is 13.8. The van der Waals surface area contributed by atoms with Crippen LogP contribution in [-0.4, -0.2) is 38.5 Å². The SMILES string of the molecule is C[C@@H](COc1cc(F)c(CO)c(S(=O)[O-])c1)CN(Cc1cccc(C(F)(F)F)c1Cl)CC(c1ccccc1)c1ccccc1. The quantitative estimate of drug-likeness (QED) is 0.120. The van der Waals surface area contributed by atoms with Crippen molar-refractivity contribution in [1.82, 2.24) is 4.90 Å². The van der Waals surface area contributed by atoms with Gasteiger partial charge in [0.25, 0.3) is 0 Å². The molecule has 234 valence electrons. The Labute approximate surface area is 261 Å². The first kappa shape index (κ1) is 33.6. The molecule has 0 aliphatic rings. The van der Waals surface area contributed by atoms with Gasteiger partial charge in [0, 0.05) is 48.0 Å². The predicted molar refractivity (Wildman–Crippen MR) is 161 cm³/mol. The zero-order valence-corrected chi connectivity index (χ0v) is 25.3. The summed E-state index contributed by atoms with van der Waals surface area (Å²) in [4.78, 5) is 1.61. The molecule has 4 rings (SSSR count). The minimum absolute atomic E-state index is 0.0235. The van der Waals surface area contributed by atoms with E-state index in [1.165, 1.54) is 6.07 Å². The highest BCUT2D eigenvalue weighted by Crippen LogP contribution is 2.37. The molecule has 1 N–H and O–H groups in total. The smallest absolute Gasteiger partial charge is 0.417 e. The second kappa shape index (κ2) is 15.1. The summed E-state index contributed by atoms with van der Waals surface area (Å²) >= 11 is 3.50. The molecule has 2 atom stereocenters. The van der Waals surface area contributed by atoms with Crippen LogP contribution in [-0.2, 0) is 30.4 Å². The molecular weight excluding hydrogens is 618 g/mol. The molecule has 0 saturated carbocycles. The Morgan fingerprint density at radius 1 is 0.955 bits per heavy atom. The maximum absolute atomic E-state index is 14.5. The summed E-state index contributed by atoms with van der Waals surface area (Å²) < 4.78 is 84.3. The Bertz CT molecular complexity index is 1520. The van der Waals surface area contributed by atoms with Gasteiger partial charge in [-0.15, -0.1) is 0 Å². The van der Waals surface area contributed by atoms with Gasteiger partial charge in [0.05, 0.1) is 23.8 Å². The van der Waals surface area contributed by atoms with Crippen LogP contribution >= 0.6 is 11.6 Å². The van der Waals surface area contributed by atoms with Crippen LogP contribution in [0.25, 0.3) is 0 Å². The number of alkyl halides is 3. The van der Waals surface area contributed by atoms with Crippen molar-refractivity contribution in [2.24, 2.45) is 5.92 Å². The van der Waals surface area contributed by atoms with Gasteiger partial charge in [-0.05, 0) is 39.9 Å². The highest BCUT2D eigenvalue weighted by Gasteiger charge is 2.34. The number of rotatable bonds is 13. The molecule has 4 aromatic rings. The van der Waals surface area contributed by atoms with Crippen LogP contribution in [0.3, 0.4) is 0 Å². The molecular formula is C33H31ClF4NO4S-. The van der Waals surface area contributed by atoms with E-state index >= 15 is 0 Å². The van der Waals surface area contributed by atoms with E-state index < -0.39 is 40.1 Å². The Hall–Kier alpha value is -3.28. The van der Waals surface area contributed by atoms with Crippen molar-refractivity contribution in [3.63, 3.8) is 0 Å². The number of benzene rings is 4. The van der Waals surface area contributed by atoms with E-state index in [4.69, 9.17) is 16.3 Å². The van der Waals surface area contributed by atoms with Crippen molar-refractivity contribution in [3.8, 4) is 5.75 Å². The molecule has 5 nitrogen and oxygen atoms in total. The highest BCUT2D eigenvalue weighted by atomic mass is 35.5. The topological polar surface area (TPSA) is 72.8 Å². The summed E-state index contributed by atoms with van der Waals surface area (Å²) in [5.74, 6) is -1.28. The largest absolute Gasteiger partial charge is 0.768 e. The summed E-state index contributed by atoms with van der Waals surface area (Å²) in [6, 6.07) is 25.6. The lowest BCUT2D eigenvalue weighted by molar-refractivity contribution is -0.137. The molecule has 0 aromatic heterocycles. The molecule has 0 fully saturated rings. The van der Waals surface area contributed by atoms with E-state index in [2.05, 4.69) is 0 Å². The second-order valence-electron chi connectivity index (χ2n) is 10.5. The third kappa shape index (κ3) is 8.67. The zero-order chi connectivity index (χ0) is 31.9. The van der Waals surface area contributed by atoms with E-state index in [1.807, 2.05) is 72.5 Å². The van der Waals surface area contributed by atoms with E-state index in [0.717, 1.165) is 29.3 Å². The molecule has 1 unspecified atom stereocenters. The summed E-state index contributed by atoms with van der Waals surface area (Å²) in [6.45, 7) is 2.04. The van der Waals surface area contributed by atoms with Crippen LogP contribution in [0.1, 0.15) is 40.7 Å². The van der Waals surface area contributed by atoms with Crippen LogP contribution in [0.15, 0.2) is 95.9 Å². The van der Waals surface area contributed by atoms with Gasteiger partial charge in [-0.1, -0.05) is 91.3 Å². The Kier molecular flexibility index (Phi) is 11.6. The normalized spacial score (nSPS) is 13.3. The fourth-order valence-electron chi connectivity index (χ4n) is 5.10. The van der Waals surface area contributed by atoms with E-state index in [0.29, 0.717) is 18.7 Å². The van der Waals surface area contributed by atoms with Gasteiger partial charge in [0.15, 0.2) is 0 Å². The van der Waals surface area contributed by atoms with Crippen LogP contribution < -0.4 is 4.74 Å². The molecule has 11 heteroatoms. The number of halogens is 5. The lowest BCUT2D eigenvalue weighted by atomic mass is 9.90. The van der Waals surface area contributed by atoms with Gasteiger partial charge in [0.2, 0.25) is 0 Å². The second-order valence-corrected chi connectivity index (χ2v) is 11.8. The van der Waals surface area contributed by atoms with Gasteiger partial charge >= 0.3 is 6.18 Å². The predicted octanol–water partition coefficient (Wildman–Crippen LogP) is 7.58. The average Bonchev–Trinajstić information content (AvgIpc) is 2.99. The van der Waals surface area contributed by atoms with Crippen molar-refractivity contribution in [3.05, 3.63) is 130 Å². The molecule has 0 radical (unpaired) electrons. The molecule has 0 amide bonds. The highest BCUT2D eigenvalue weighted by molar-refractivity contribution is 7.79. The zero-order valence-electron chi connectivity index (χ0n) is 23.8. The van der Waals surface area contributed by atoms with Crippen molar-refractivity contribution >= 4 is 22.7 Å². The van der Waals surface area contributed by atoms with Crippen LogP contribution in [0.5, 0.6) is 5.75 Å². The molecule has 0 aliphatic heterocycles. The minimum atomic E-state index is -4.61. The Balaban J connectivity index is 1.62. The number of ether oxygens (including phenoxy) is 1. The fourth-order valence-corrected chi connectivity index (χ4v) is 5.97. The summed E-state index contributed by atoms with van der Waals surface area (Å²) in [5, 5.41) is 9.00. The van der Waals surface area contributed by atoms with Crippen molar-refractivity contribution < 1.29 is 36.2 Å². The number of aliphatic hydroxyl groups is 1. The van der Waals surface area contributed by atoms with Crippen molar-refractivity contribution in [2.45, 2.75) is 37.1 Å². The Morgan fingerprint density at radius 2 is 1.57 bits per heavy atom. The van der Waals surface area contributed by atoms with E-state index in [9.17, 15) is 31.4 Å². The lowest BCUT2D eigenvalue weighted by Crippen LogP contribution is -2.34. The monoisotopic (exact) mass is 648 g/mol. The van der Waals surface area contributed by atoms with Gasteiger partial charge in [0.1, 0.15) is 11.6 Å². The summed E-state index contributed by atoms with van der Waals surface area (Å²) in [6.07, 6.45) is -4.61. The first-order chi connectivity index (χ1) is 21.0. The van der Waals surface area contributed by atoms with Gasteiger partial charge in [-0.25, -0.2) is 4.39 Å². The molecule has 0 bridgehead atoms. The molecule has 0 spiro atoms. The molecule has 4 aromatic carbocycles. The van der Waals surface area contributed by atoms with Gasteiger partial charge in [-0.3, -0.25) is 9.11 Å². The van der Waals surface area contributed by atoms with E-state index in [1.54, 1.807) is 6.07 Å². The number of aliphatic hydroxyl groups excluding tert-OH is 1. The summed E-state index contributed by atoms with van der Waals surface area (Å²) in [5.41, 5.74) is 1.12. The van der Waals surface area contributed by atoms with Gasteiger partial charge < -0.3 is 14.4 Å². The number of hydrogen-bond donors (Lipinski definition) is 1. The van der Waals surface area contributed by atoms with Crippen molar-refractivity contribution in [2.75, 3.05) is 19.7 Å². The molecule has 0 aliphatic carbocycles.